The molecule has 1 saturated heterocycles. The van der Waals surface area contributed by atoms with Gasteiger partial charge in [0.1, 0.15) is 6.10 Å². The molecule has 0 bridgehead atoms. The number of ether oxygens (including phenoxy) is 1. The van der Waals surface area contributed by atoms with Crippen LogP contribution < -0.4 is 4.90 Å². The first-order valence-corrected chi connectivity index (χ1v) is 21.5. The van der Waals surface area contributed by atoms with E-state index in [4.69, 9.17) is 4.74 Å². The maximum atomic E-state index is 14.3. The molecular weight excluding hydrogens is 673 g/mol. The smallest absolute Gasteiger partial charge is 0.309 e. The van der Waals surface area contributed by atoms with Gasteiger partial charge >= 0.3 is 11.9 Å². The minimum absolute atomic E-state index is 0.0604. The van der Waals surface area contributed by atoms with Gasteiger partial charge in [-0.15, -0.1) is 0 Å². The minimum atomic E-state index is -1.14. The SMILES string of the molecule is C=C(C)[C@@H]1CC[C@]2(CC(=O)N3CCN(c4ccccc4)CC3)CC[C@]3(C)[C@H](CC[C@@H]4[C@@]5(C)CC[C@H](OC(=O)CC(C)(C)C(=O)O)C(C)(C)[C@@H]5CC[C@]43C)[C@@H]12. The average Bonchev–Trinajstić information content (AvgIpc) is 3.49. The number of para-hydroxylation sites is 1. The van der Waals surface area contributed by atoms with Crippen LogP contribution in [0.5, 0.6) is 0 Å². The van der Waals surface area contributed by atoms with Crippen LogP contribution in [0.3, 0.4) is 0 Å². The summed E-state index contributed by atoms with van der Waals surface area (Å²) in [5.74, 6) is 1.61. The number of hydrogen-bond donors (Lipinski definition) is 1. The molecule has 0 spiro atoms. The Morgan fingerprint density at radius 2 is 1.52 bits per heavy atom. The number of carbonyl (C=O) groups is 3. The van der Waals surface area contributed by atoms with E-state index in [2.05, 4.69) is 88.3 Å². The van der Waals surface area contributed by atoms with Gasteiger partial charge in [0.25, 0.3) is 0 Å². The minimum Gasteiger partial charge on any atom is -0.481 e. The number of anilines is 1. The summed E-state index contributed by atoms with van der Waals surface area (Å²) >= 11 is 0. The van der Waals surface area contributed by atoms with Crippen molar-refractivity contribution in [3.63, 3.8) is 0 Å². The van der Waals surface area contributed by atoms with Crippen LogP contribution in [-0.2, 0) is 19.1 Å². The summed E-state index contributed by atoms with van der Waals surface area (Å²) in [4.78, 5) is 43.8. The van der Waals surface area contributed by atoms with Crippen LogP contribution >= 0.6 is 0 Å². The van der Waals surface area contributed by atoms with Gasteiger partial charge in [0, 0.05) is 43.7 Å². The van der Waals surface area contributed by atoms with Gasteiger partial charge in [-0.2, -0.15) is 0 Å². The fraction of sp³-hybridized carbons (Fsp3) is 0.766. The highest BCUT2D eigenvalue weighted by atomic mass is 16.5. The number of esters is 1. The summed E-state index contributed by atoms with van der Waals surface area (Å²) < 4.78 is 6.20. The number of amides is 1. The topological polar surface area (TPSA) is 87.2 Å². The Morgan fingerprint density at radius 1 is 0.833 bits per heavy atom. The number of benzene rings is 1. The molecule has 7 nitrogen and oxygen atoms in total. The lowest BCUT2D eigenvalue weighted by Crippen LogP contribution is -2.67. The van der Waals surface area contributed by atoms with Crippen LogP contribution in [0.1, 0.15) is 132 Å². The van der Waals surface area contributed by atoms with Crippen molar-refractivity contribution < 1.29 is 24.2 Å². The van der Waals surface area contributed by atoms with Crippen molar-refractivity contribution in [2.45, 2.75) is 139 Å². The summed E-state index contributed by atoms with van der Waals surface area (Å²) in [7, 11) is 0. The number of hydrogen-bond acceptors (Lipinski definition) is 5. The van der Waals surface area contributed by atoms with E-state index >= 15 is 0 Å². The zero-order valence-electron chi connectivity index (χ0n) is 34.8. The van der Waals surface area contributed by atoms with Crippen LogP contribution in [0, 0.1) is 62.1 Å². The molecule has 1 aliphatic heterocycles. The van der Waals surface area contributed by atoms with Gasteiger partial charge < -0.3 is 19.6 Å². The molecule has 298 valence electrons. The molecule has 7 heteroatoms. The largest absolute Gasteiger partial charge is 0.481 e. The van der Waals surface area contributed by atoms with Gasteiger partial charge in [0.05, 0.1) is 11.8 Å². The molecule has 6 aliphatic rings. The molecular formula is C47H70N2O5. The first-order chi connectivity index (χ1) is 25.3. The van der Waals surface area contributed by atoms with E-state index in [0.29, 0.717) is 41.9 Å². The molecule has 1 aromatic carbocycles. The van der Waals surface area contributed by atoms with Crippen molar-refractivity contribution in [2.24, 2.45) is 62.1 Å². The van der Waals surface area contributed by atoms with E-state index in [-0.39, 0.29) is 45.6 Å². The van der Waals surface area contributed by atoms with Gasteiger partial charge in [0.15, 0.2) is 0 Å². The lowest BCUT2D eigenvalue weighted by molar-refractivity contribution is -0.250. The molecule has 0 unspecified atom stereocenters. The Labute approximate surface area is 326 Å². The molecule has 1 N–H and O–H groups in total. The summed E-state index contributed by atoms with van der Waals surface area (Å²) in [5, 5.41) is 9.63. The quantitative estimate of drug-likeness (QED) is 0.211. The highest BCUT2D eigenvalue weighted by molar-refractivity contribution is 5.81. The lowest BCUT2D eigenvalue weighted by Gasteiger charge is -2.73. The highest BCUT2D eigenvalue weighted by Gasteiger charge is 2.71. The number of rotatable bonds is 8. The van der Waals surface area contributed by atoms with Crippen molar-refractivity contribution >= 4 is 23.5 Å². The second kappa shape index (κ2) is 13.7. The third-order valence-electron chi connectivity index (χ3n) is 17.9. The third kappa shape index (κ3) is 6.15. The van der Waals surface area contributed by atoms with Crippen LogP contribution in [0.4, 0.5) is 5.69 Å². The Hall–Kier alpha value is -2.83. The maximum absolute atomic E-state index is 14.3. The number of allylic oxidation sites excluding steroid dienone is 1. The maximum Gasteiger partial charge on any atom is 0.309 e. The van der Waals surface area contributed by atoms with E-state index in [1.165, 1.54) is 43.4 Å². The molecule has 10 atom stereocenters. The predicted molar refractivity (Wildman–Crippen MR) is 215 cm³/mol. The normalized spacial score (nSPS) is 40.1. The van der Waals surface area contributed by atoms with Crippen molar-refractivity contribution in [2.75, 3.05) is 31.1 Å². The first-order valence-electron chi connectivity index (χ1n) is 21.5. The molecule has 5 saturated carbocycles. The van der Waals surface area contributed by atoms with Gasteiger partial charge in [-0.1, -0.05) is 65.0 Å². The zero-order valence-corrected chi connectivity index (χ0v) is 34.8. The van der Waals surface area contributed by atoms with Gasteiger partial charge in [0.2, 0.25) is 5.91 Å². The zero-order chi connectivity index (χ0) is 39.1. The fourth-order valence-corrected chi connectivity index (χ4v) is 14.7. The second-order valence-electron chi connectivity index (χ2n) is 21.1. The number of nitrogens with zero attached hydrogens (tertiary/aromatic N) is 2. The molecule has 1 amide bonds. The van der Waals surface area contributed by atoms with Crippen LogP contribution in [0.15, 0.2) is 42.5 Å². The molecule has 5 aliphatic carbocycles. The van der Waals surface area contributed by atoms with Gasteiger partial charge in [-0.3, -0.25) is 14.4 Å². The second-order valence-corrected chi connectivity index (χ2v) is 21.1. The van der Waals surface area contributed by atoms with Crippen LogP contribution in [-0.4, -0.2) is 60.1 Å². The van der Waals surface area contributed by atoms with E-state index in [0.717, 1.165) is 58.3 Å². The highest BCUT2D eigenvalue weighted by Crippen LogP contribution is 2.78. The lowest BCUT2D eigenvalue weighted by atomic mass is 9.32. The van der Waals surface area contributed by atoms with E-state index in [1.54, 1.807) is 13.8 Å². The van der Waals surface area contributed by atoms with E-state index < -0.39 is 11.4 Å². The first kappa shape index (κ1) is 39.4. The Balaban J connectivity index is 1.09. The Bertz CT molecular complexity index is 1630. The van der Waals surface area contributed by atoms with Gasteiger partial charge in [-0.05, 0) is 148 Å². The number of aliphatic carboxylic acids is 1. The number of piperazine rings is 1. The van der Waals surface area contributed by atoms with Gasteiger partial charge in [-0.25, -0.2) is 0 Å². The van der Waals surface area contributed by atoms with Crippen molar-refractivity contribution in [1.29, 1.82) is 0 Å². The molecule has 1 heterocycles. The fourth-order valence-electron chi connectivity index (χ4n) is 14.7. The van der Waals surface area contributed by atoms with Crippen molar-refractivity contribution in [3.05, 3.63) is 42.5 Å². The molecule has 6 fully saturated rings. The molecule has 0 aromatic heterocycles. The monoisotopic (exact) mass is 743 g/mol. The van der Waals surface area contributed by atoms with Crippen molar-refractivity contribution in [3.8, 4) is 0 Å². The van der Waals surface area contributed by atoms with Crippen LogP contribution in [0.2, 0.25) is 0 Å². The standard InChI is InChI=1S/C47H70N2O5/c1-31(2)33-17-22-47(29-38(50)49-27-25-48(26-28-49)32-13-11-10-12-14-32)24-23-45(8)34(40(33)47)15-16-36-44(7)20-19-37(54-39(51)30-42(3,4)41(52)53)43(5,6)35(44)18-21-46(36,45)9/h10-14,33-37,40H,1,15-30H2,2-9H3,(H,52,53)/t33-,34+,35-,36+,37-,40+,44-,45+,46+,47+/m0/s1. The summed E-state index contributed by atoms with van der Waals surface area (Å²) in [6.45, 7) is 26.0. The van der Waals surface area contributed by atoms with Crippen molar-refractivity contribution in [1.82, 2.24) is 4.90 Å². The summed E-state index contributed by atoms with van der Waals surface area (Å²) in [6.07, 6.45) is 11.7. The molecule has 54 heavy (non-hydrogen) atoms. The molecule has 7 rings (SSSR count). The van der Waals surface area contributed by atoms with E-state index in [9.17, 15) is 19.5 Å². The number of carboxylic acids is 1. The summed E-state index contributed by atoms with van der Waals surface area (Å²) in [5.41, 5.74) is 1.82. The third-order valence-corrected chi connectivity index (χ3v) is 17.9. The number of fused-ring (bicyclic) bond motifs is 7. The number of carbonyl (C=O) groups excluding carboxylic acids is 2. The number of carboxylic acid groups (broad SMARTS) is 1. The van der Waals surface area contributed by atoms with E-state index in [1.807, 2.05) is 0 Å². The molecule has 0 radical (unpaired) electrons. The van der Waals surface area contributed by atoms with Crippen LogP contribution in [0.25, 0.3) is 0 Å². The average molecular weight is 743 g/mol. The predicted octanol–water partition coefficient (Wildman–Crippen LogP) is 9.80. The molecule has 1 aromatic rings. The Morgan fingerprint density at radius 3 is 2.17 bits per heavy atom. The summed E-state index contributed by atoms with van der Waals surface area (Å²) in [6, 6.07) is 10.6. The Kier molecular flexibility index (Phi) is 9.98.